The van der Waals surface area contributed by atoms with Crippen LogP contribution in [0.15, 0.2) is 4.52 Å². The topological polar surface area (TPSA) is 63.3 Å². The van der Waals surface area contributed by atoms with E-state index in [-0.39, 0.29) is 5.69 Å². The van der Waals surface area contributed by atoms with Gasteiger partial charge >= 0.3 is 12.1 Å². The Kier molecular flexibility index (Phi) is 2.74. The highest BCUT2D eigenvalue weighted by atomic mass is 19.4. The normalized spacial score (nSPS) is 12.1. The van der Waals surface area contributed by atoms with E-state index in [9.17, 15) is 18.0 Å². The second-order valence-electron chi connectivity index (χ2n) is 3.23. The third-order valence-corrected chi connectivity index (χ3v) is 1.74. The first-order valence-corrected chi connectivity index (χ1v) is 4.05. The van der Waals surface area contributed by atoms with Crippen molar-refractivity contribution in [3.05, 3.63) is 17.0 Å². The molecule has 0 unspecified atom stereocenters. The molecule has 15 heavy (non-hydrogen) atoms. The quantitative estimate of drug-likeness (QED) is 0.836. The predicted octanol–water partition coefficient (Wildman–Crippen LogP) is 2.52. The molecule has 0 aliphatic carbocycles. The Morgan fingerprint density at radius 3 is 2.33 bits per heavy atom. The number of aromatic carboxylic acids is 1. The second-order valence-corrected chi connectivity index (χ2v) is 3.23. The molecule has 1 aromatic heterocycles. The van der Waals surface area contributed by atoms with Gasteiger partial charge in [0.25, 0.3) is 5.76 Å². The molecule has 0 spiro atoms. The molecule has 7 heteroatoms. The predicted molar refractivity (Wildman–Crippen MR) is 42.6 cm³/mol. The lowest BCUT2D eigenvalue weighted by atomic mass is 10.0. The molecule has 4 nitrogen and oxygen atoms in total. The summed E-state index contributed by atoms with van der Waals surface area (Å²) in [5, 5.41) is 11.6. The molecule has 0 fully saturated rings. The van der Waals surface area contributed by atoms with Gasteiger partial charge in [-0.05, 0) is 5.92 Å². The number of nitrogens with zero attached hydrogens (tertiary/aromatic N) is 1. The molecule has 0 aliphatic rings. The number of alkyl halides is 3. The molecule has 0 bridgehead atoms. The van der Waals surface area contributed by atoms with Gasteiger partial charge in [0.1, 0.15) is 5.56 Å². The number of carboxylic acid groups (broad SMARTS) is 1. The summed E-state index contributed by atoms with van der Waals surface area (Å²) in [5.41, 5.74) is -1.69. The molecule has 1 aromatic rings. The highest BCUT2D eigenvalue weighted by Crippen LogP contribution is 2.37. The maximum absolute atomic E-state index is 12.5. The van der Waals surface area contributed by atoms with Crippen molar-refractivity contribution < 1.29 is 27.6 Å². The third-order valence-electron chi connectivity index (χ3n) is 1.74. The molecule has 1 heterocycles. The van der Waals surface area contributed by atoms with E-state index >= 15 is 0 Å². The molecule has 1 N–H and O–H groups in total. The molecule has 0 atom stereocenters. The Hall–Kier alpha value is -1.53. The Balaban J connectivity index is 3.40. The molecular formula is C8H8F3NO3. The lowest BCUT2D eigenvalue weighted by Crippen LogP contribution is -2.13. The van der Waals surface area contributed by atoms with E-state index in [1.54, 1.807) is 0 Å². The van der Waals surface area contributed by atoms with E-state index in [0.29, 0.717) is 0 Å². The van der Waals surface area contributed by atoms with E-state index in [2.05, 4.69) is 9.68 Å². The second kappa shape index (κ2) is 3.56. The van der Waals surface area contributed by atoms with Crippen LogP contribution in [0.3, 0.4) is 0 Å². The van der Waals surface area contributed by atoms with Gasteiger partial charge in [-0.2, -0.15) is 13.2 Å². The number of carbonyl (C=O) groups is 1. The summed E-state index contributed by atoms with van der Waals surface area (Å²) < 4.78 is 41.7. The van der Waals surface area contributed by atoms with Gasteiger partial charge < -0.3 is 9.63 Å². The fraction of sp³-hybridized carbons (Fsp3) is 0.500. The minimum absolute atomic E-state index is 0.389. The van der Waals surface area contributed by atoms with Crippen molar-refractivity contribution in [2.24, 2.45) is 0 Å². The van der Waals surface area contributed by atoms with Gasteiger partial charge in [-0.15, -0.1) is 0 Å². The zero-order valence-electron chi connectivity index (χ0n) is 7.92. The van der Waals surface area contributed by atoms with Crippen LogP contribution in [-0.4, -0.2) is 16.2 Å². The van der Waals surface area contributed by atoms with Gasteiger partial charge in [-0.1, -0.05) is 19.0 Å². The standard InChI is InChI=1S/C8H8F3NO3/c1-3(2)5-4(8(9,10)11)6(7(13)14)15-12-5/h3H,1-2H3,(H,13,14). The smallest absolute Gasteiger partial charge is 0.422 e. The van der Waals surface area contributed by atoms with Crippen LogP contribution < -0.4 is 0 Å². The van der Waals surface area contributed by atoms with E-state index in [4.69, 9.17) is 5.11 Å². The molecule has 0 aromatic carbocycles. The highest BCUT2D eigenvalue weighted by Gasteiger charge is 2.43. The van der Waals surface area contributed by atoms with Gasteiger partial charge in [-0.3, -0.25) is 0 Å². The average molecular weight is 223 g/mol. The summed E-state index contributed by atoms with van der Waals surface area (Å²) in [7, 11) is 0. The van der Waals surface area contributed by atoms with Crippen molar-refractivity contribution in [3.8, 4) is 0 Å². The van der Waals surface area contributed by atoms with Crippen LogP contribution in [0.4, 0.5) is 13.2 Å². The summed E-state index contributed by atoms with van der Waals surface area (Å²) in [6, 6.07) is 0. The number of carboxylic acids is 1. The Bertz CT molecular complexity index is 381. The van der Waals surface area contributed by atoms with Gasteiger partial charge in [-0.25, -0.2) is 4.79 Å². The average Bonchev–Trinajstić information content (AvgIpc) is 2.45. The van der Waals surface area contributed by atoms with Crippen molar-refractivity contribution in [1.82, 2.24) is 5.16 Å². The Morgan fingerprint density at radius 1 is 1.47 bits per heavy atom. The van der Waals surface area contributed by atoms with E-state index < -0.39 is 29.4 Å². The van der Waals surface area contributed by atoms with Crippen LogP contribution in [0, 0.1) is 0 Å². The number of halogens is 3. The van der Waals surface area contributed by atoms with Gasteiger partial charge in [0.05, 0.1) is 5.69 Å². The molecule has 0 saturated carbocycles. The van der Waals surface area contributed by atoms with E-state index in [0.717, 1.165) is 0 Å². The molecular weight excluding hydrogens is 215 g/mol. The van der Waals surface area contributed by atoms with Crippen molar-refractivity contribution in [2.75, 3.05) is 0 Å². The molecule has 84 valence electrons. The van der Waals surface area contributed by atoms with Crippen molar-refractivity contribution >= 4 is 5.97 Å². The minimum Gasteiger partial charge on any atom is -0.475 e. The summed E-state index contributed by atoms with van der Waals surface area (Å²) >= 11 is 0. The van der Waals surface area contributed by atoms with Gasteiger partial charge in [0.2, 0.25) is 0 Å². The Morgan fingerprint density at radius 2 is 2.00 bits per heavy atom. The van der Waals surface area contributed by atoms with Gasteiger partial charge in [0, 0.05) is 0 Å². The van der Waals surface area contributed by atoms with Crippen LogP contribution in [0.2, 0.25) is 0 Å². The Labute approximate surface area is 82.7 Å². The summed E-state index contributed by atoms with van der Waals surface area (Å²) in [4.78, 5) is 10.5. The highest BCUT2D eigenvalue weighted by molar-refractivity contribution is 5.86. The molecule has 1 rings (SSSR count). The number of hydrogen-bond donors (Lipinski definition) is 1. The lowest BCUT2D eigenvalue weighted by molar-refractivity contribution is -0.139. The van der Waals surface area contributed by atoms with Crippen LogP contribution in [-0.2, 0) is 6.18 Å². The first-order chi connectivity index (χ1) is 6.75. The number of rotatable bonds is 2. The fourth-order valence-corrected chi connectivity index (χ4v) is 1.12. The summed E-state index contributed by atoms with van der Waals surface area (Å²) in [6.07, 6.45) is -4.77. The molecule has 0 amide bonds. The number of hydrogen-bond acceptors (Lipinski definition) is 3. The largest absolute Gasteiger partial charge is 0.475 e. The number of aromatic nitrogens is 1. The molecule has 0 aliphatic heterocycles. The van der Waals surface area contributed by atoms with Crippen molar-refractivity contribution in [2.45, 2.75) is 25.9 Å². The van der Waals surface area contributed by atoms with Gasteiger partial charge in [0.15, 0.2) is 0 Å². The maximum Gasteiger partial charge on any atom is 0.422 e. The zero-order chi connectivity index (χ0) is 11.8. The van der Waals surface area contributed by atoms with Crippen molar-refractivity contribution in [1.29, 1.82) is 0 Å². The minimum atomic E-state index is -4.77. The first kappa shape index (κ1) is 11.5. The van der Waals surface area contributed by atoms with Crippen LogP contribution in [0.5, 0.6) is 0 Å². The summed E-state index contributed by atoms with van der Waals surface area (Å²) in [5.74, 6) is -3.49. The van der Waals surface area contributed by atoms with Crippen molar-refractivity contribution in [3.63, 3.8) is 0 Å². The molecule has 0 saturated heterocycles. The lowest BCUT2D eigenvalue weighted by Gasteiger charge is -2.07. The van der Waals surface area contributed by atoms with Crippen LogP contribution in [0.25, 0.3) is 0 Å². The van der Waals surface area contributed by atoms with E-state index in [1.807, 2.05) is 0 Å². The summed E-state index contributed by atoms with van der Waals surface area (Å²) in [6.45, 7) is 2.94. The van der Waals surface area contributed by atoms with Crippen LogP contribution in [0.1, 0.15) is 41.6 Å². The first-order valence-electron chi connectivity index (χ1n) is 4.05. The third kappa shape index (κ3) is 2.11. The van der Waals surface area contributed by atoms with E-state index in [1.165, 1.54) is 13.8 Å². The monoisotopic (exact) mass is 223 g/mol. The maximum atomic E-state index is 12.5. The zero-order valence-corrected chi connectivity index (χ0v) is 7.92. The van der Waals surface area contributed by atoms with Crippen LogP contribution >= 0.6 is 0 Å². The molecule has 0 radical (unpaired) electrons. The SMILES string of the molecule is CC(C)c1noc(C(=O)O)c1C(F)(F)F. The fourth-order valence-electron chi connectivity index (χ4n) is 1.12.